The lowest BCUT2D eigenvalue weighted by molar-refractivity contribution is 0.174. The highest BCUT2D eigenvalue weighted by Gasteiger charge is 2.18. The number of nitrogens with zero attached hydrogens (tertiary/aromatic N) is 2. The third kappa shape index (κ3) is 2.82. The molecule has 4 rings (SSSR count). The molecule has 3 aromatic rings. The molecule has 8 nitrogen and oxygen atoms in total. The van der Waals surface area contributed by atoms with Crippen molar-refractivity contribution in [2.75, 3.05) is 6.79 Å². The molecule has 0 fully saturated rings. The number of aromatic amines is 2. The second-order valence-electron chi connectivity index (χ2n) is 5.91. The Kier molecular flexibility index (Phi) is 3.64. The number of aromatic nitrogens is 4. The molecule has 1 aliphatic heterocycles. The predicted octanol–water partition coefficient (Wildman–Crippen LogP) is 1.32. The fraction of sp³-hybridized carbons (Fsp3) is 0.235. The molecule has 0 aliphatic carbocycles. The highest BCUT2D eigenvalue weighted by molar-refractivity contribution is 5.44. The van der Waals surface area contributed by atoms with Crippen LogP contribution in [0.2, 0.25) is 0 Å². The first-order chi connectivity index (χ1) is 12.1. The molecular formula is C17H16N4O4. The van der Waals surface area contributed by atoms with Crippen molar-refractivity contribution in [2.45, 2.75) is 19.3 Å². The monoisotopic (exact) mass is 340 g/mol. The summed E-state index contributed by atoms with van der Waals surface area (Å²) in [7, 11) is 0. The highest BCUT2D eigenvalue weighted by Crippen LogP contribution is 2.33. The number of ether oxygens (including phenoxy) is 2. The van der Waals surface area contributed by atoms with Crippen molar-refractivity contribution in [3.05, 3.63) is 69.0 Å². The third-order valence-corrected chi connectivity index (χ3v) is 4.15. The minimum Gasteiger partial charge on any atom is -0.454 e. The Morgan fingerprint density at radius 2 is 2.12 bits per heavy atom. The van der Waals surface area contributed by atoms with Gasteiger partial charge < -0.3 is 14.5 Å². The Balaban J connectivity index is 1.63. The SMILES string of the molecule is CC(Cc1ccc2c(c1)OCO2)c1nccn1-c1c[nH]c(=O)[nH]c1=O. The molecule has 0 amide bonds. The number of hydrogen-bond acceptors (Lipinski definition) is 5. The molecule has 2 aromatic heterocycles. The zero-order valence-electron chi connectivity index (χ0n) is 13.5. The molecule has 1 unspecified atom stereocenters. The Bertz CT molecular complexity index is 1030. The number of H-pyrrole nitrogens is 2. The van der Waals surface area contributed by atoms with Gasteiger partial charge in [0.15, 0.2) is 11.5 Å². The average molecular weight is 340 g/mol. The molecule has 2 N–H and O–H groups in total. The lowest BCUT2D eigenvalue weighted by Crippen LogP contribution is -2.26. The Morgan fingerprint density at radius 3 is 2.96 bits per heavy atom. The van der Waals surface area contributed by atoms with E-state index >= 15 is 0 Å². The van der Waals surface area contributed by atoms with E-state index in [0.29, 0.717) is 5.69 Å². The van der Waals surface area contributed by atoms with Gasteiger partial charge in [-0.25, -0.2) is 9.78 Å². The van der Waals surface area contributed by atoms with E-state index in [4.69, 9.17) is 9.47 Å². The molecule has 1 aromatic carbocycles. The molecule has 0 saturated carbocycles. The van der Waals surface area contributed by atoms with Gasteiger partial charge in [0.25, 0.3) is 5.56 Å². The van der Waals surface area contributed by atoms with Gasteiger partial charge in [-0.15, -0.1) is 0 Å². The first-order valence-electron chi connectivity index (χ1n) is 7.86. The maximum absolute atomic E-state index is 12.0. The Hall–Kier alpha value is -3.29. The molecule has 8 heteroatoms. The normalized spacial score (nSPS) is 13.8. The molecule has 25 heavy (non-hydrogen) atoms. The van der Waals surface area contributed by atoms with Crippen molar-refractivity contribution in [3.8, 4) is 17.2 Å². The summed E-state index contributed by atoms with van der Waals surface area (Å²) >= 11 is 0. The van der Waals surface area contributed by atoms with Crippen molar-refractivity contribution >= 4 is 0 Å². The van der Waals surface area contributed by atoms with Crippen LogP contribution in [0.25, 0.3) is 5.69 Å². The van der Waals surface area contributed by atoms with E-state index in [-0.39, 0.29) is 12.7 Å². The second-order valence-corrected chi connectivity index (χ2v) is 5.91. The standard InChI is InChI=1S/C17H16N4O4/c1-10(6-11-2-3-13-14(7-11)25-9-24-13)15-18-4-5-21(15)12-8-19-17(23)20-16(12)22/h2-5,7-8,10H,6,9H2,1H3,(H2,19,20,22,23). The number of fused-ring (bicyclic) bond motifs is 1. The lowest BCUT2D eigenvalue weighted by atomic mass is 10.00. The van der Waals surface area contributed by atoms with E-state index in [1.54, 1.807) is 17.0 Å². The maximum Gasteiger partial charge on any atom is 0.325 e. The van der Waals surface area contributed by atoms with Crippen LogP contribution in [0, 0.1) is 0 Å². The number of nitrogens with one attached hydrogen (secondary N) is 2. The quantitative estimate of drug-likeness (QED) is 0.746. The zero-order valence-corrected chi connectivity index (χ0v) is 13.5. The van der Waals surface area contributed by atoms with Gasteiger partial charge in [-0.3, -0.25) is 14.3 Å². The summed E-state index contributed by atoms with van der Waals surface area (Å²) in [6.07, 6.45) is 5.44. The van der Waals surface area contributed by atoms with Gasteiger partial charge in [0.1, 0.15) is 11.5 Å². The largest absolute Gasteiger partial charge is 0.454 e. The van der Waals surface area contributed by atoms with Crippen LogP contribution in [-0.2, 0) is 6.42 Å². The third-order valence-electron chi connectivity index (χ3n) is 4.15. The van der Waals surface area contributed by atoms with E-state index in [2.05, 4.69) is 15.0 Å². The van der Waals surface area contributed by atoms with Gasteiger partial charge in [0.05, 0.1) is 0 Å². The van der Waals surface area contributed by atoms with Gasteiger partial charge in [0, 0.05) is 24.5 Å². The predicted molar refractivity (Wildman–Crippen MR) is 89.5 cm³/mol. The summed E-state index contributed by atoms with van der Waals surface area (Å²) in [5, 5.41) is 0. The van der Waals surface area contributed by atoms with E-state index in [1.165, 1.54) is 6.20 Å². The maximum atomic E-state index is 12.0. The van der Waals surface area contributed by atoms with E-state index in [9.17, 15) is 9.59 Å². The van der Waals surface area contributed by atoms with Crippen molar-refractivity contribution in [3.63, 3.8) is 0 Å². The van der Waals surface area contributed by atoms with Crippen molar-refractivity contribution in [1.29, 1.82) is 0 Å². The molecule has 128 valence electrons. The zero-order chi connectivity index (χ0) is 17.4. The summed E-state index contributed by atoms with van der Waals surface area (Å²) in [5.74, 6) is 2.26. The van der Waals surface area contributed by atoms with Crippen LogP contribution in [0.4, 0.5) is 0 Å². The van der Waals surface area contributed by atoms with Crippen LogP contribution in [0.5, 0.6) is 11.5 Å². The summed E-state index contributed by atoms with van der Waals surface area (Å²) < 4.78 is 12.4. The van der Waals surface area contributed by atoms with Crippen LogP contribution in [0.3, 0.4) is 0 Å². The molecule has 1 atom stereocenters. The molecular weight excluding hydrogens is 324 g/mol. The average Bonchev–Trinajstić information content (AvgIpc) is 3.23. The van der Waals surface area contributed by atoms with Crippen molar-refractivity contribution in [2.24, 2.45) is 0 Å². The van der Waals surface area contributed by atoms with Crippen LogP contribution in [-0.4, -0.2) is 26.3 Å². The fourth-order valence-corrected chi connectivity index (χ4v) is 2.98. The lowest BCUT2D eigenvalue weighted by Gasteiger charge is -2.14. The smallest absolute Gasteiger partial charge is 0.325 e. The number of benzene rings is 1. The van der Waals surface area contributed by atoms with E-state index < -0.39 is 11.2 Å². The van der Waals surface area contributed by atoms with Crippen LogP contribution < -0.4 is 20.7 Å². The van der Waals surface area contributed by atoms with Crippen molar-refractivity contribution in [1.82, 2.24) is 19.5 Å². The van der Waals surface area contributed by atoms with E-state index in [1.807, 2.05) is 25.1 Å². The summed E-state index contributed by atoms with van der Waals surface area (Å²) in [6.45, 7) is 2.27. The number of hydrogen-bond donors (Lipinski definition) is 2. The molecule has 0 radical (unpaired) electrons. The van der Waals surface area contributed by atoms with Crippen LogP contribution >= 0.6 is 0 Å². The topological polar surface area (TPSA) is 102 Å². The summed E-state index contributed by atoms with van der Waals surface area (Å²) in [4.78, 5) is 32.3. The van der Waals surface area contributed by atoms with Gasteiger partial charge in [0.2, 0.25) is 6.79 Å². The van der Waals surface area contributed by atoms with E-state index in [0.717, 1.165) is 29.3 Å². The molecule has 0 spiro atoms. The van der Waals surface area contributed by atoms with Gasteiger partial charge in [-0.1, -0.05) is 13.0 Å². The van der Waals surface area contributed by atoms with Gasteiger partial charge in [-0.05, 0) is 24.1 Å². The molecule has 3 heterocycles. The van der Waals surface area contributed by atoms with Crippen molar-refractivity contribution < 1.29 is 9.47 Å². The number of rotatable bonds is 4. The first-order valence-corrected chi connectivity index (χ1v) is 7.86. The molecule has 0 saturated heterocycles. The molecule has 0 bridgehead atoms. The number of imidazole rings is 1. The fourth-order valence-electron chi connectivity index (χ4n) is 2.98. The minimum absolute atomic E-state index is 0.0432. The first kappa shape index (κ1) is 15.3. The summed E-state index contributed by atoms with van der Waals surface area (Å²) in [5.41, 5.74) is 0.411. The summed E-state index contributed by atoms with van der Waals surface area (Å²) in [6, 6.07) is 5.84. The second kappa shape index (κ2) is 5.97. The van der Waals surface area contributed by atoms with Crippen LogP contribution in [0.1, 0.15) is 24.2 Å². The molecule has 1 aliphatic rings. The Morgan fingerprint density at radius 1 is 1.28 bits per heavy atom. The highest BCUT2D eigenvalue weighted by atomic mass is 16.7. The van der Waals surface area contributed by atoms with Crippen LogP contribution in [0.15, 0.2) is 46.4 Å². The van der Waals surface area contributed by atoms with Gasteiger partial charge >= 0.3 is 5.69 Å². The minimum atomic E-state index is -0.538. The Labute approximate surface area is 142 Å². The van der Waals surface area contributed by atoms with Gasteiger partial charge in [-0.2, -0.15) is 0 Å².